The number of hydrogen-bond acceptors (Lipinski definition) is 3. The third kappa shape index (κ3) is 3.39. The molecule has 3 nitrogen and oxygen atoms in total. The average Bonchev–Trinajstić information content (AvgIpc) is 2.56. The van der Waals surface area contributed by atoms with Gasteiger partial charge >= 0.3 is 0 Å². The number of hydrogen-bond donors (Lipinski definition) is 0. The molecule has 0 saturated carbocycles. The summed E-state index contributed by atoms with van der Waals surface area (Å²) in [7, 11) is 0. The fourth-order valence-electron chi connectivity index (χ4n) is 2.65. The number of aromatic nitrogens is 2. The first-order valence-corrected chi connectivity index (χ1v) is 7.79. The van der Waals surface area contributed by atoms with Crippen LogP contribution in [-0.2, 0) is 0 Å². The third-order valence-corrected chi connectivity index (χ3v) is 3.58. The van der Waals surface area contributed by atoms with Gasteiger partial charge in [-0.1, -0.05) is 30.3 Å². The normalized spacial score (nSPS) is 11.3. The van der Waals surface area contributed by atoms with E-state index in [1.54, 1.807) is 6.20 Å². The van der Waals surface area contributed by atoms with Crippen molar-refractivity contribution >= 4 is 11.5 Å². The molecule has 0 spiro atoms. The van der Waals surface area contributed by atoms with Crippen molar-refractivity contribution in [2.24, 2.45) is 0 Å². The smallest absolute Gasteiger partial charge is 0.134 e. The highest BCUT2D eigenvalue weighted by Gasteiger charge is 2.24. The van der Waals surface area contributed by atoms with Gasteiger partial charge in [-0.15, -0.1) is 0 Å². The summed E-state index contributed by atoms with van der Waals surface area (Å²) in [6.07, 6.45) is 1.79. The van der Waals surface area contributed by atoms with Gasteiger partial charge in [-0.05, 0) is 57.2 Å². The van der Waals surface area contributed by atoms with E-state index in [1.165, 1.54) is 0 Å². The predicted molar refractivity (Wildman–Crippen MR) is 95.8 cm³/mol. The minimum absolute atomic E-state index is 0.0862. The van der Waals surface area contributed by atoms with E-state index in [9.17, 15) is 0 Å². The molecule has 0 aliphatic rings. The summed E-state index contributed by atoms with van der Waals surface area (Å²) in [5.74, 6) is 0.923. The van der Waals surface area contributed by atoms with E-state index in [0.717, 1.165) is 22.9 Å². The van der Waals surface area contributed by atoms with Crippen molar-refractivity contribution in [3.05, 3.63) is 72.9 Å². The maximum absolute atomic E-state index is 4.85. The Bertz CT molecular complexity index is 762. The second-order valence-electron chi connectivity index (χ2n) is 6.44. The molecule has 116 valence electrons. The van der Waals surface area contributed by atoms with Crippen molar-refractivity contribution in [3.8, 4) is 11.4 Å². The van der Waals surface area contributed by atoms with Crippen LogP contribution in [0, 0.1) is 0 Å². The lowest BCUT2D eigenvalue weighted by Crippen LogP contribution is -2.38. The Hall–Kier alpha value is -2.68. The molecule has 3 rings (SSSR count). The Morgan fingerprint density at radius 1 is 0.739 bits per heavy atom. The van der Waals surface area contributed by atoms with E-state index in [0.29, 0.717) is 0 Å². The van der Waals surface area contributed by atoms with E-state index in [1.807, 2.05) is 42.5 Å². The number of nitrogens with zero attached hydrogens (tertiary/aromatic N) is 3. The summed E-state index contributed by atoms with van der Waals surface area (Å²) >= 11 is 0. The fourth-order valence-corrected chi connectivity index (χ4v) is 2.65. The summed E-state index contributed by atoms with van der Waals surface area (Å²) in [4.78, 5) is 11.5. The van der Waals surface area contributed by atoms with Gasteiger partial charge < -0.3 is 4.90 Å². The molecule has 0 unspecified atom stereocenters. The molecule has 23 heavy (non-hydrogen) atoms. The van der Waals surface area contributed by atoms with Gasteiger partial charge in [0, 0.05) is 17.4 Å². The molecule has 3 aromatic rings. The van der Waals surface area contributed by atoms with Crippen LogP contribution in [0.4, 0.5) is 11.5 Å². The van der Waals surface area contributed by atoms with E-state index < -0.39 is 0 Å². The molecule has 1 aromatic carbocycles. The number of benzene rings is 1. The number of pyridine rings is 2. The predicted octanol–water partition coefficient (Wildman–Crippen LogP) is 5.08. The number of rotatable bonds is 3. The van der Waals surface area contributed by atoms with Crippen LogP contribution in [0.15, 0.2) is 72.9 Å². The zero-order valence-corrected chi connectivity index (χ0v) is 13.8. The maximum atomic E-state index is 4.85. The minimum Gasteiger partial charge on any atom is -0.321 e. The number of para-hydroxylation sites is 1. The summed E-state index contributed by atoms with van der Waals surface area (Å²) < 4.78 is 0. The Morgan fingerprint density at radius 3 is 2.09 bits per heavy atom. The van der Waals surface area contributed by atoms with E-state index in [4.69, 9.17) is 4.98 Å². The molecule has 0 bridgehead atoms. The Balaban J connectivity index is 2.08. The first-order chi connectivity index (χ1) is 11.1. The molecule has 0 saturated heterocycles. The van der Waals surface area contributed by atoms with Crippen molar-refractivity contribution in [3.63, 3.8) is 0 Å². The number of anilines is 2. The van der Waals surface area contributed by atoms with Crippen LogP contribution in [0.1, 0.15) is 20.8 Å². The molecule has 0 N–H and O–H groups in total. The van der Waals surface area contributed by atoms with Gasteiger partial charge in [0.2, 0.25) is 0 Å². The molecule has 0 aliphatic carbocycles. The van der Waals surface area contributed by atoms with Gasteiger partial charge in [0.05, 0.1) is 11.4 Å². The minimum atomic E-state index is -0.0862. The molecule has 0 aliphatic heterocycles. The average molecular weight is 303 g/mol. The van der Waals surface area contributed by atoms with E-state index in [2.05, 4.69) is 54.9 Å². The Kier molecular flexibility index (Phi) is 4.11. The highest BCUT2D eigenvalue weighted by atomic mass is 15.2. The quantitative estimate of drug-likeness (QED) is 0.675. The Morgan fingerprint density at radius 2 is 1.43 bits per heavy atom. The van der Waals surface area contributed by atoms with Crippen LogP contribution in [0.25, 0.3) is 11.4 Å². The topological polar surface area (TPSA) is 29.0 Å². The van der Waals surface area contributed by atoms with Crippen molar-refractivity contribution < 1.29 is 0 Å². The SMILES string of the molecule is CC(C)(C)N(c1ccccc1)c1cccc(-c2ccccn2)n1. The molecule has 2 aromatic heterocycles. The van der Waals surface area contributed by atoms with Gasteiger partial charge in [-0.2, -0.15) is 0 Å². The maximum Gasteiger partial charge on any atom is 0.134 e. The lowest BCUT2D eigenvalue weighted by molar-refractivity contribution is 0.556. The first kappa shape index (κ1) is 15.2. The van der Waals surface area contributed by atoms with Gasteiger partial charge in [-0.25, -0.2) is 4.98 Å². The molecule has 2 heterocycles. The van der Waals surface area contributed by atoms with Crippen LogP contribution in [-0.4, -0.2) is 15.5 Å². The molecular formula is C20H21N3. The second kappa shape index (κ2) is 6.21. The van der Waals surface area contributed by atoms with Gasteiger partial charge in [-0.3, -0.25) is 4.98 Å². The van der Waals surface area contributed by atoms with Crippen molar-refractivity contribution in [1.82, 2.24) is 9.97 Å². The van der Waals surface area contributed by atoms with Crippen LogP contribution in [0.3, 0.4) is 0 Å². The summed E-state index contributed by atoms with van der Waals surface area (Å²) in [5, 5.41) is 0. The lowest BCUT2D eigenvalue weighted by Gasteiger charge is -2.37. The molecule has 0 atom stereocenters. The highest BCUT2D eigenvalue weighted by Crippen LogP contribution is 2.32. The molecule has 0 amide bonds. The van der Waals surface area contributed by atoms with Crippen LogP contribution in [0.5, 0.6) is 0 Å². The second-order valence-corrected chi connectivity index (χ2v) is 6.44. The standard InChI is InChI=1S/C20H21N3/c1-20(2,3)23(16-10-5-4-6-11-16)19-14-9-13-18(22-19)17-12-7-8-15-21-17/h4-15H,1-3H3. The monoisotopic (exact) mass is 303 g/mol. The van der Waals surface area contributed by atoms with Crippen LogP contribution >= 0.6 is 0 Å². The summed E-state index contributed by atoms with van der Waals surface area (Å²) in [6.45, 7) is 6.57. The van der Waals surface area contributed by atoms with Crippen molar-refractivity contribution in [2.75, 3.05) is 4.90 Å². The van der Waals surface area contributed by atoms with E-state index in [-0.39, 0.29) is 5.54 Å². The summed E-state index contributed by atoms with van der Waals surface area (Å²) in [5.41, 5.74) is 2.81. The fraction of sp³-hybridized carbons (Fsp3) is 0.200. The van der Waals surface area contributed by atoms with Gasteiger partial charge in [0.25, 0.3) is 0 Å². The van der Waals surface area contributed by atoms with Gasteiger partial charge in [0.15, 0.2) is 0 Å². The first-order valence-electron chi connectivity index (χ1n) is 7.79. The molecular weight excluding hydrogens is 282 g/mol. The van der Waals surface area contributed by atoms with Crippen molar-refractivity contribution in [1.29, 1.82) is 0 Å². The zero-order valence-electron chi connectivity index (χ0n) is 13.8. The van der Waals surface area contributed by atoms with Crippen molar-refractivity contribution in [2.45, 2.75) is 26.3 Å². The Labute approximate surface area is 137 Å². The van der Waals surface area contributed by atoms with Crippen LogP contribution < -0.4 is 4.90 Å². The summed E-state index contributed by atoms with van der Waals surface area (Å²) in [6, 6.07) is 22.3. The molecule has 3 heteroatoms. The highest BCUT2D eigenvalue weighted by molar-refractivity contribution is 5.65. The van der Waals surface area contributed by atoms with E-state index >= 15 is 0 Å². The van der Waals surface area contributed by atoms with Crippen LogP contribution in [0.2, 0.25) is 0 Å². The lowest BCUT2D eigenvalue weighted by atomic mass is 10.0. The zero-order chi connectivity index (χ0) is 16.3. The largest absolute Gasteiger partial charge is 0.321 e. The molecule has 0 fully saturated rings. The molecule has 0 radical (unpaired) electrons. The third-order valence-electron chi connectivity index (χ3n) is 3.58. The van der Waals surface area contributed by atoms with Gasteiger partial charge in [0.1, 0.15) is 5.82 Å².